The van der Waals surface area contributed by atoms with Crippen LogP contribution in [0.25, 0.3) is 0 Å². The number of methoxy groups -OCH3 is 1. The molecule has 2 rings (SSSR count). The summed E-state index contributed by atoms with van der Waals surface area (Å²) in [5.74, 6) is 0.346. The van der Waals surface area contributed by atoms with Crippen LogP contribution in [0.3, 0.4) is 0 Å². The first-order valence-corrected chi connectivity index (χ1v) is 6.97. The minimum atomic E-state index is -0.325. The Bertz CT molecular complexity index is 630. The second kappa shape index (κ2) is 7.35. The number of esters is 1. The van der Waals surface area contributed by atoms with Gasteiger partial charge < -0.3 is 15.8 Å². The molecule has 0 radical (unpaired) electrons. The van der Waals surface area contributed by atoms with Crippen molar-refractivity contribution in [3.05, 3.63) is 41.7 Å². The highest BCUT2D eigenvalue weighted by Gasteiger charge is 2.07. The van der Waals surface area contributed by atoms with Crippen molar-refractivity contribution in [3.8, 4) is 0 Å². The maximum absolute atomic E-state index is 11.4. The maximum atomic E-state index is 11.4. The van der Waals surface area contributed by atoms with Crippen LogP contribution in [0.5, 0.6) is 0 Å². The normalized spacial score (nSPS) is 11.7. The molecule has 0 aliphatic rings. The molecule has 2 aromatic rings. The lowest BCUT2D eigenvalue weighted by atomic mass is 10.0. The lowest BCUT2D eigenvalue weighted by Gasteiger charge is -2.13. The minimum absolute atomic E-state index is 0.182. The summed E-state index contributed by atoms with van der Waals surface area (Å²) >= 11 is 0. The van der Waals surface area contributed by atoms with Crippen molar-refractivity contribution >= 4 is 17.9 Å². The van der Waals surface area contributed by atoms with Crippen LogP contribution in [0, 0.1) is 0 Å². The Labute approximate surface area is 129 Å². The number of hydrogen-bond donors (Lipinski definition) is 2. The zero-order chi connectivity index (χ0) is 15.9. The van der Waals surface area contributed by atoms with Crippen LogP contribution < -0.4 is 11.1 Å². The third-order valence-electron chi connectivity index (χ3n) is 3.21. The third kappa shape index (κ3) is 4.41. The summed E-state index contributed by atoms with van der Waals surface area (Å²) in [5.41, 5.74) is 7.21. The summed E-state index contributed by atoms with van der Waals surface area (Å²) < 4.78 is 4.67. The van der Waals surface area contributed by atoms with Crippen LogP contribution in [0.1, 0.15) is 29.3 Å². The summed E-state index contributed by atoms with van der Waals surface area (Å²) in [6, 6.07) is 7.58. The van der Waals surface area contributed by atoms with E-state index in [1.807, 2.05) is 19.1 Å². The zero-order valence-corrected chi connectivity index (χ0v) is 12.6. The standard InChI is InChI=1S/C15H19N5O2/c1-10(19-15-18-9-17-14(16)20-15)3-4-11-5-7-12(8-6-11)13(21)22-2/h5-10H,3-4H2,1-2H3,(H3,16,17,18,19,20). The average molecular weight is 301 g/mol. The summed E-state index contributed by atoms with van der Waals surface area (Å²) in [6.07, 6.45) is 3.14. The summed E-state index contributed by atoms with van der Waals surface area (Å²) in [7, 11) is 1.37. The van der Waals surface area contributed by atoms with Gasteiger partial charge in [-0.3, -0.25) is 0 Å². The molecule has 0 bridgehead atoms. The molecule has 3 N–H and O–H groups in total. The first kappa shape index (κ1) is 15.7. The van der Waals surface area contributed by atoms with Crippen LogP contribution in [0.15, 0.2) is 30.6 Å². The van der Waals surface area contributed by atoms with Crippen LogP contribution in [0.4, 0.5) is 11.9 Å². The van der Waals surface area contributed by atoms with Gasteiger partial charge in [-0.1, -0.05) is 12.1 Å². The lowest BCUT2D eigenvalue weighted by Crippen LogP contribution is -2.18. The van der Waals surface area contributed by atoms with E-state index in [2.05, 4.69) is 25.0 Å². The number of carbonyl (C=O) groups excluding carboxylic acids is 1. The van der Waals surface area contributed by atoms with E-state index in [0.29, 0.717) is 11.5 Å². The molecule has 7 heteroatoms. The molecular formula is C15H19N5O2. The smallest absolute Gasteiger partial charge is 0.337 e. The van der Waals surface area contributed by atoms with E-state index in [1.165, 1.54) is 13.4 Å². The molecule has 0 saturated carbocycles. The Balaban J connectivity index is 1.85. The van der Waals surface area contributed by atoms with Gasteiger partial charge in [0.2, 0.25) is 11.9 Å². The fraction of sp³-hybridized carbons (Fsp3) is 0.333. The SMILES string of the molecule is COC(=O)c1ccc(CCC(C)Nc2ncnc(N)n2)cc1. The van der Waals surface area contributed by atoms with Crippen molar-refractivity contribution in [1.29, 1.82) is 0 Å². The van der Waals surface area contributed by atoms with E-state index in [1.54, 1.807) is 12.1 Å². The highest BCUT2D eigenvalue weighted by atomic mass is 16.5. The van der Waals surface area contributed by atoms with Gasteiger partial charge in [0, 0.05) is 6.04 Å². The number of aromatic nitrogens is 3. The van der Waals surface area contributed by atoms with Gasteiger partial charge in [0.1, 0.15) is 6.33 Å². The predicted molar refractivity (Wildman–Crippen MR) is 83.4 cm³/mol. The van der Waals surface area contributed by atoms with Crippen molar-refractivity contribution < 1.29 is 9.53 Å². The molecule has 7 nitrogen and oxygen atoms in total. The number of benzene rings is 1. The third-order valence-corrected chi connectivity index (χ3v) is 3.21. The number of nitrogens with two attached hydrogens (primary N) is 1. The average Bonchev–Trinajstić information content (AvgIpc) is 2.52. The highest BCUT2D eigenvalue weighted by Crippen LogP contribution is 2.11. The zero-order valence-electron chi connectivity index (χ0n) is 12.6. The van der Waals surface area contributed by atoms with E-state index >= 15 is 0 Å². The molecule has 0 amide bonds. The van der Waals surface area contributed by atoms with Crippen molar-refractivity contribution in [1.82, 2.24) is 15.0 Å². The molecular weight excluding hydrogens is 282 g/mol. The van der Waals surface area contributed by atoms with Crippen molar-refractivity contribution in [3.63, 3.8) is 0 Å². The Hall–Kier alpha value is -2.70. The quantitative estimate of drug-likeness (QED) is 0.782. The van der Waals surface area contributed by atoms with Crippen LogP contribution >= 0.6 is 0 Å². The number of nitrogens with zero attached hydrogens (tertiary/aromatic N) is 3. The fourth-order valence-corrected chi connectivity index (χ4v) is 1.98. The number of ether oxygens (including phenoxy) is 1. The largest absolute Gasteiger partial charge is 0.465 e. The van der Waals surface area contributed by atoms with Gasteiger partial charge in [0.15, 0.2) is 0 Å². The van der Waals surface area contributed by atoms with Crippen LogP contribution in [-0.2, 0) is 11.2 Å². The lowest BCUT2D eigenvalue weighted by molar-refractivity contribution is 0.0600. The summed E-state index contributed by atoms with van der Waals surface area (Å²) in [5, 5.41) is 3.18. The van der Waals surface area contributed by atoms with Crippen molar-refractivity contribution in [2.45, 2.75) is 25.8 Å². The van der Waals surface area contributed by atoms with Gasteiger partial charge in [-0.15, -0.1) is 0 Å². The van der Waals surface area contributed by atoms with Crippen molar-refractivity contribution in [2.75, 3.05) is 18.2 Å². The summed E-state index contributed by atoms with van der Waals surface area (Å²) in [6.45, 7) is 2.04. The van der Waals surface area contributed by atoms with E-state index in [4.69, 9.17) is 5.73 Å². The maximum Gasteiger partial charge on any atom is 0.337 e. The molecule has 22 heavy (non-hydrogen) atoms. The molecule has 0 spiro atoms. The monoisotopic (exact) mass is 301 g/mol. The second-order valence-electron chi connectivity index (χ2n) is 4.94. The molecule has 0 aliphatic heterocycles. The topological polar surface area (TPSA) is 103 Å². The molecule has 1 heterocycles. The molecule has 0 fully saturated rings. The Morgan fingerprint density at radius 2 is 2.05 bits per heavy atom. The van der Waals surface area contributed by atoms with E-state index in [-0.39, 0.29) is 18.0 Å². The fourth-order valence-electron chi connectivity index (χ4n) is 1.98. The number of carbonyl (C=O) groups is 1. The van der Waals surface area contributed by atoms with Gasteiger partial charge in [-0.2, -0.15) is 4.98 Å². The molecule has 1 aromatic carbocycles. The van der Waals surface area contributed by atoms with Crippen LogP contribution in [-0.4, -0.2) is 34.1 Å². The van der Waals surface area contributed by atoms with Gasteiger partial charge >= 0.3 is 5.97 Å². The molecule has 0 saturated heterocycles. The Morgan fingerprint density at radius 1 is 1.32 bits per heavy atom. The number of aryl methyl sites for hydroxylation is 1. The number of nitrogen functional groups attached to an aromatic ring is 1. The number of rotatable bonds is 6. The Morgan fingerprint density at radius 3 is 2.68 bits per heavy atom. The molecule has 1 aromatic heterocycles. The number of nitrogens with one attached hydrogen (secondary N) is 1. The predicted octanol–water partition coefficient (Wildman–Crippen LogP) is 1.67. The van der Waals surface area contributed by atoms with E-state index < -0.39 is 0 Å². The van der Waals surface area contributed by atoms with Gasteiger partial charge in [0.05, 0.1) is 12.7 Å². The van der Waals surface area contributed by atoms with Crippen molar-refractivity contribution in [2.24, 2.45) is 0 Å². The van der Waals surface area contributed by atoms with E-state index in [9.17, 15) is 4.79 Å². The first-order chi connectivity index (χ1) is 10.6. The second-order valence-corrected chi connectivity index (χ2v) is 4.94. The van der Waals surface area contributed by atoms with Gasteiger partial charge in [-0.05, 0) is 37.5 Å². The minimum Gasteiger partial charge on any atom is -0.465 e. The number of anilines is 2. The summed E-state index contributed by atoms with van der Waals surface area (Å²) in [4.78, 5) is 23.1. The van der Waals surface area contributed by atoms with Gasteiger partial charge in [0.25, 0.3) is 0 Å². The van der Waals surface area contributed by atoms with E-state index in [0.717, 1.165) is 18.4 Å². The molecule has 1 unspecified atom stereocenters. The first-order valence-electron chi connectivity index (χ1n) is 6.97. The van der Waals surface area contributed by atoms with Crippen LogP contribution in [0.2, 0.25) is 0 Å². The molecule has 1 atom stereocenters. The Kier molecular flexibility index (Phi) is 5.24. The molecule has 116 valence electrons. The number of hydrogen-bond acceptors (Lipinski definition) is 7. The van der Waals surface area contributed by atoms with Gasteiger partial charge in [-0.25, -0.2) is 14.8 Å². The highest BCUT2D eigenvalue weighted by molar-refractivity contribution is 5.89. The molecule has 0 aliphatic carbocycles.